The molecule has 0 saturated carbocycles. The van der Waals surface area contributed by atoms with Crippen molar-refractivity contribution in [1.29, 1.82) is 0 Å². The van der Waals surface area contributed by atoms with E-state index in [4.69, 9.17) is 4.74 Å². The van der Waals surface area contributed by atoms with Crippen molar-refractivity contribution in [2.45, 2.75) is 20.3 Å². The van der Waals surface area contributed by atoms with Crippen molar-refractivity contribution in [3.63, 3.8) is 0 Å². The van der Waals surface area contributed by atoms with Gasteiger partial charge < -0.3 is 4.74 Å². The summed E-state index contributed by atoms with van der Waals surface area (Å²) in [6.45, 7) is 3.99. The molecule has 0 aliphatic heterocycles. The molecule has 1 rings (SSSR count). The van der Waals surface area contributed by atoms with Crippen LogP contribution in [-0.4, -0.2) is 21.3 Å². The summed E-state index contributed by atoms with van der Waals surface area (Å²) in [6.07, 6.45) is 0.631. The molecule has 1 aromatic rings. The summed E-state index contributed by atoms with van der Waals surface area (Å²) < 4.78 is 32.3. The third kappa shape index (κ3) is 4.86. The number of hydrogen-bond donors (Lipinski definition) is 1. The summed E-state index contributed by atoms with van der Waals surface area (Å²) in [7, 11) is -1.82. The predicted octanol–water partition coefficient (Wildman–Crippen LogP) is 3.25. The Kier molecular flexibility index (Phi) is 5.47. The first kappa shape index (κ1) is 15.3. The van der Waals surface area contributed by atoms with Crippen LogP contribution in [-0.2, 0) is 10.0 Å². The zero-order chi connectivity index (χ0) is 13.8. The number of rotatable bonds is 6. The number of benzene rings is 1. The number of nitrogens with one attached hydrogen (secondary N) is 1. The normalized spacial score (nSPS) is 11.6. The van der Waals surface area contributed by atoms with Crippen molar-refractivity contribution in [2.75, 3.05) is 17.6 Å². The van der Waals surface area contributed by atoms with Gasteiger partial charge in [0, 0.05) is 4.47 Å². The molecule has 0 aromatic heterocycles. The van der Waals surface area contributed by atoms with Gasteiger partial charge in [-0.05, 0) is 30.5 Å². The lowest BCUT2D eigenvalue weighted by Gasteiger charge is -2.12. The van der Waals surface area contributed by atoms with Crippen molar-refractivity contribution in [2.24, 2.45) is 5.92 Å². The van der Waals surface area contributed by atoms with Gasteiger partial charge in [0.25, 0.3) is 0 Å². The molecule has 1 N–H and O–H groups in total. The average Bonchev–Trinajstić information content (AvgIpc) is 2.26. The molecular weight excluding hydrogens is 318 g/mol. The number of anilines is 1. The topological polar surface area (TPSA) is 55.4 Å². The van der Waals surface area contributed by atoms with Crippen molar-refractivity contribution < 1.29 is 13.2 Å². The molecule has 102 valence electrons. The third-order valence-corrected chi connectivity index (χ3v) is 4.19. The Morgan fingerprint density at radius 2 is 2.06 bits per heavy atom. The highest BCUT2D eigenvalue weighted by atomic mass is 79.9. The Hall–Kier alpha value is -0.750. The van der Waals surface area contributed by atoms with Crippen LogP contribution in [0.15, 0.2) is 22.7 Å². The van der Waals surface area contributed by atoms with E-state index in [1.54, 1.807) is 18.2 Å². The lowest BCUT2D eigenvalue weighted by Crippen LogP contribution is -2.18. The highest BCUT2D eigenvalue weighted by molar-refractivity contribution is 9.10. The second kappa shape index (κ2) is 6.43. The van der Waals surface area contributed by atoms with Crippen molar-refractivity contribution in [3.8, 4) is 5.75 Å². The van der Waals surface area contributed by atoms with Crippen LogP contribution < -0.4 is 9.46 Å². The van der Waals surface area contributed by atoms with Crippen LogP contribution in [0.25, 0.3) is 0 Å². The van der Waals surface area contributed by atoms with E-state index in [1.165, 1.54) is 7.11 Å². The smallest absolute Gasteiger partial charge is 0.232 e. The maximum atomic E-state index is 11.9. The second-order valence-electron chi connectivity index (χ2n) is 4.45. The van der Waals surface area contributed by atoms with Crippen molar-refractivity contribution in [3.05, 3.63) is 22.7 Å². The van der Waals surface area contributed by atoms with E-state index < -0.39 is 10.0 Å². The standard InChI is InChI=1S/C12H18BrNO3S/c1-9(2)6-7-18(15,16)14-11-8-10(13)4-5-12(11)17-3/h4-5,8-9,14H,6-7H2,1-3H3. The van der Waals surface area contributed by atoms with E-state index in [2.05, 4.69) is 20.7 Å². The largest absolute Gasteiger partial charge is 0.495 e. The molecule has 1 aromatic carbocycles. The summed E-state index contributed by atoms with van der Waals surface area (Å²) >= 11 is 3.30. The molecule has 0 heterocycles. The molecule has 18 heavy (non-hydrogen) atoms. The summed E-state index contributed by atoms with van der Waals surface area (Å²) in [5, 5.41) is 0. The van der Waals surface area contributed by atoms with Crippen LogP contribution in [0.1, 0.15) is 20.3 Å². The quantitative estimate of drug-likeness (QED) is 0.868. The molecule has 0 bridgehead atoms. The summed E-state index contributed by atoms with van der Waals surface area (Å²) in [6, 6.07) is 5.20. The average molecular weight is 336 g/mol. The third-order valence-electron chi connectivity index (χ3n) is 2.39. The lowest BCUT2D eigenvalue weighted by molar-refractivity contribution is 0.417. The highest BCUT2D eigenvalue weighted by Gasteiger charge is 2.14. The number of ether oxygens (including phenoxy) is 1. The zero-order valence-corrected chi connectivity index (χ0v) is 13.1. The van der Waals surface area contributed by atoms with Gasteiger partial charge in [-0.25, -0.2) is 8.42 Å². The van der Waals surface area contributed by atoms with E-state index in [0.717, 1.165) is 4.47 Å². The fourth-order valence-corrected chi connectivity index (χ4v) is 3.11. The van der Waals surface area contributed by atoms with Gasteiger partial charge in [0.05, 0.1) is 18.6 Å². The first-order valence-corrected chi connectivity index (χ1v) is 8.12. The van der Waals surface area contributed by atoms with Crippen LogP contribution in [0.2, 0.25) is 0 Å². The summed E-state index contributed by atoms with van der Waals surface area (Å²) in [4.78, 5) is 0. The SMILES string of the molecule is COc1ccc(Br)cc1NS(=O)(=O)CCC(C)C. The molecule has 6 heteroatoms. The Labute approximate surface area is 117 Å². The molecule has 0 radical (unpaired) electrons. The van der Waals surface area contributed by atoms with E-state index >= 15 is 0 Å². The minimum Gasteiger partial charge on any atom is -0.495 e. The molecule has 0 fully saturated rings. The first-order chi connectivity index (χ1) is 8.34. The van der Waals surface area contributed by atoms with Crippen LogP contribution >= 0.6 is 15.9 Å². The highest BCUT2D eigenvalue weighted by Crippen LogP contribution is 2.28. The van der Waals surface area contributed by atoms with E-state index in [9.17, 15) is 8.42 Å². The van der Waals surface area contributed by atoms with E-state index in [-0.39, 0.29) is 5.75 Å². The molecule has 0 aliphatic carbocycles. The maximum Gasteiger partial charge on any atom is 0.232 e. The molecule has 0 saturated heterocycles. The van der Waals surface area contributed by atoms with Gasteiger partial charge in [0.15, 0.2) is 0 Å². The maximum absolute atomic E-state index is 11.9. The second-order valence-corrected chi connectivity index (χ2v) is 7.21. The number of hydrogen-bond acceptors (Lipinski definition) is 3. The van der Waals surface area contributed by atoms with Gasteiger partial charge in [-0.15, -0.1) is 0 Å². The predicted molar refractivity (Wildman–Crippen MR) is 77.6 cm³/mol. The fourth-order valence-electron chi connectivity index (χ4n) is 1.37. The van der Waals surface area contributed by atoms with Gasteiger partial charge in [-0.2, -0.15) is 0 Å². The summed E-state index contributed by atoms with van der Waals surface area (Å²) in [5.74, 6) is 0.970. The Balaban J connectivity index is 2.86. The zero-order valence-electron chi connectivity index (χ0n) is 10.7. The van der Waals surface area contributed by atoms with Gasteiger partial charge in [0.2, 0.25) is 10.0 Å². The Morgan fingerprint density at radius 1 is 1.39 bits per heavy atom. The van der Waals surface area contributed by atoms with Crippen LogP contribution in [0.5, 0.6) is 5.75 Å². The molecule has 0 aliphatic rings. The fraction of sp³-hybridized carbons (Fsp3) is 0.500. The number of halogens is 1. The molecular formula is C12H18BrNO3S. The summed E-state index contributed by atoms with van der Waals surface area (Å²) in [5.41, 5.74) is 0.454. The van der Waals surface area contributed by atoms with Gasteiger partial charge in [0.1, 0.15) is 5.75 Å². The van der Waals surface area contributed by atoms with Crippen LogP contribution in [0, 0.1) is 5.92 Å². The minimum atomic E-state index is -3.33. The first-order valence-electron chi connectivity index (χ1n) is 5.68. The molecule has 0 atom stereocenters. The molecule has 4 nitrogen and oxygen atoms in total. The lowest BCUT2D eigenvalue weighted by atomic mass is 10.2. The Bertz CT molecular complexity index is 500. The molecule has 0 unspecified atom stereocenters. The van der Waals surface area contributed by atoms with E-state index in [1.807, 2.05) is 13.8 Å². The number of sulfonamides is 1. The van der Waals surface area contributed by atoms with Crippen LogP contribution in [0.3, 0.4) is 0 Å². The number of methoxy groups -OCH3 is 1. The monoisotopic (exact) mass is 335 g/mol. The minimum absolute atomic E-state index is 0.111. The Morgan fingerprint density at radius 3 is 2.61 bits per heavy atom. The molecule has 0 amide bonds. The molecule has 0 spiro atoms. The van der Waals surface area contributed by atoms with Gasteiger partial charge in [-0.1, -0.05) is 29.8 Å². The van der Waals surface area contributed by atoms with Gasteiger partial charge >= 0.3 is 0 Å². The van der Waals surface area contributed by atoms with Crippen molar-refractivity contribution >= 4 is 31.6 Å². The van der Waals surface area contributed by atoms with Crippen molar-refractivity contribution in [1.82, 2.24) is 0 Å². The van der Waals surface area contributed by atoms with Gasteiger partial charge in [-0.3, -0.25) is 4.72 Å². The van der Waals surface area contributed by atoms with E-state index in [0.29, 0.717) is 23.8 Å². The van der Waals surface area contributed by atoms with Crippen LogP contribution in [0.4, 0.5) is 5.69 Å².